The highest BCUT2D eigenvalue weighted by atomic mass is 32.2. The second-order valence-electron chi connectivity index (χ2n) is 6.59. The van der Waals surface area contributed by atoms with Gasteiger partial charge in [-0.05, 0) is 30.9 Å². The predicted molar refractivity (Wildman–Crippen MR) is 93.4 cm³/mol. The van der Waals surface area contributed by atoms with Crippen molar-refractivity contribution in [1.82, 2.24) is 14.9 Å². The van der Waals surface area contributed by atoms with Crippen LogP contribution in [-0.2, 0) is 21.1 Å². The second-order valence-corrected chi connectivity index (χ2v) is 8.82. The minimum Gasteiger partial charge on any atom is -0.346 e. The van der Waals surface area contributed by atoms with Crippen molar-refractivity contribution in [2.75, 3.05) is 25.1 Å². The highest BCUT2D eigenvalue weighted by Crippen LogP contribution is 2.22. The Labute approximate surface area is 142 Å². The molecule has 1 aliphatic heterocycles. The number of sulfone groups is 1. The number of H-pyrrole nitrogens is 1. The van der Waals surface area contributed by atoms with Crippen molar-refractivity contribution in [3.63, 3.8) is 0 Å². The fourth-order valence-corrected chi connectivity index (χ4v) is 5.03. The third-order valence-corrected chi connectivity index (χ3v) is 6.40. The van der Waals surface area contributed by atoms with Crippen LogP contribution in [0.3, 0.4) is 0 Å². The van der Waals surface area contributed by atoms with Gasteiger partial charge in [0.1, 0.15) is 5.82 Å². The summed E-state index contributed by atoms with van der Waals surface area (Å²) in [5, 5.41) is 0. The molecule has 0 spiro atoms. The molecule has 1 atom stereocenters. The summed E-state index contributed by atoms with van der Waals surface area (Å²) in [7, 11) is -1.13. The first kappa shape index (κ1) is 17.0. The summed E-state index contributed by atoms with van der Waals surface area (Å²) in [6.07, 6.45) is 2.55. The zero-order valence-corrected chi connectivity index (χ0v) is 14.7. The number of nitrogens with one attached hydrogen (secondary N) is 1. The number of rotatable bonds is 6. The fraction of sp³-hybridized carbons (Fsp3) is 0.529. The lowest BCUT2D eigenvalue weighted by atomic mass is 10.0. The average molecular weight is 349 g/mol. The Hall–Kier alpha value is -1.89. The van der Waals surface area contributed by atoms with E-state index in [2.05, 4.69) is 9.97 Å². The number of fused-ring (bicyclic) bond motifs is 1. The molecule has 0 radical (unpaired) electrons. The van der Waals surface area contributed by atoms with Crippen LogP contribution >= 0.6 is 0 Å². The summed E-state index contributed by atoms with van der Waals surface area (Å²) in [6.45, 7) is 0.648. The predicted octanol–water partition coefficient (Wildman–Crippen LogP) is 1.78. The first-order valence-electron chi connectivity index (χ1n) is 8.31. The van der Waals surface area contributed by atoms with E-state index < -0.39 is 9.84 Å². The molecule has 0 unspecified atom stereocenters. The summed E-state index contributed by atoms with van der Waals surface area (Å²) in [4.78, 5) is 21.7. The van der Waals surface area contributed by atoms with E-state index in [1.54, 1.807) is 11.9 Å². The smallest absolute Gasteiger partial charge is 0.222 e. The molecular weight excluding hydrogens is 326 g/mol. The molecular formula is C17H23N3O3S. The van der Waals surface area contributed by atoms with Gasteiger partial charge >= 0.3 is 0 Å². The van der Waals surface area contributed by atoms with Gasteiger partial charge in [-0.2, -0.15) is 0 Å². The number of aryl methyl sites for hydroxylation is 1. The van der Waals surface area contributed by atoms with E-state index in [4.69, 9.17) is 0 Å². The zero-order chi connectivity index (χ0) is 17.2. The van der Waals surface area contributed by atoms with Crippen LogP contribution in [0.2, 0.25) is 0 Å². The lowest BCUT2D eigenvalue weighted by Crippen LogP contribution is -2.30. The lowest BCUT2D eigenvalue weighted by molar-refractivity contribution is -0.130. The minimum atomic E-state index is -2.92. The molecule has 1 aliphatic rings. The van der Waals surface area contributed by atoms with Crippen molar-refractivity contribution in [2.24, 2.45) is 5.92 Å². The molecule has 3 rings (SSSR count). The topological polar surface area (TPSA) is 83.1 Å². The number of benzene rings is 1. The van der Waals surface area contributed by atoms with Gasteiger partial charge in [0.15, 0.2) is 9.84 Å². The largest absolute Gasteiger partial charge is 0.346 e. The van der Waals surface area contributed by atoms with Crippen molar-refractivity contribution in [3.8, 4) is 0 Å². The van der Waals surface area contributed by atoms with E-state index in [-0.39, 0.29) is 23.3 Å². The summed E-state index contributed by atoms with van der Waals surface area (Å²) in [5.41, 5.74) is 1.98. The Morgan fingerprint density at radius 1 is 1.38 bits per heavy atom. The normalized spacial score (nSPS) is 19.6. The van der Waals surface area contributed by atoms with Gasteiger partial charge in [-0.1, -0.05) is 12.1 Å². The molecule has 1 N–H and O–H groups in total. The number of imidazole rings is 1. The van der Waals surface area contributed by atoms with Crippen molar-refractivity contribution in [3.05, 3.63) is 30.1 Å². The van der Waals surface area contributed by atoms with Gasteiger partial charge in [0.2, 0.25) is 5.91 Å². The van der Waals surface area contributed by atoms with E-state index in [0.717, 1.165) is 29.7 Å². The van der Waals surface area contributed by atoms with Crippen LogP contribution in [0, 0.1) is 5.92 Å². The maximum atomic E-state index is 12.2. The minimum absolute atomic E-state index is 0.0136. The van der Waals surface area contributed by atoms with Crippen molar-refractivity contribution < 1.29 is 13.2 Å². The molecule has 24 heavy (non-hydrogen) atoms. The highest BCUT2D eigenvalue weighted by Gasteiger charge is 2.30. The van der Waals surface area contributed by atoms with Crippen LogP contribution in [0.15, 0.2) is 24.3 Å². The number of amides is 1. The van der Waals surface area contributed by atoms with Gasteiger partial charge in [-0.15, -0.1) is 0 Å². The monoisotopic (exact) mass is 349 g/mol. The molecule has 1 amide bonds. The van der Waals surface area contributed by atoms with E-state index in [9.17, 15) is 13.2 Å². The fourth-order valence-electron chi connectivity index (χ4n) is 3.17. The number of nitrogens with zero attached hydrogens (tertiary/aromatic N) is 2. The molecule has 130 valence electrons. The number of carbonyl (C=O) groups excluding carboxylic acids is 1. The quantitative estimate of drug-likeness (QED) is 0.862. The molecule has 0 saturated carbocycles. The van der Waals surface area contributed by atoms with E-state index in [1.807, 2.05) is 24.3 Å². The molecule has 2 heterocycles. The molecule has 2 aromatic rings. The second kappa shape index (κ2) is 6.93. The third kappa shape index (κ3) is 4.14. The molecule has 1 fully saturated rings. The van der Waals surface area contributed by atoms with E-state index >= 15 is 0 Å². The molecule has 0 aliphatic carbocycles. The van der Waals surface area contributed by atoms with Gasteiger partial charge in [0.05, 0.1) is 22.5 Å². The zero-order valence-electron chi connectivity index (χ0n) is 13.9. The molecule has 1 aromatic carbocycles. The summed E-state index contributed by atoms with van der Waals surface area (Å²) in [5.74, 6) is 1.33. The van der Waals surface area contributed by atoms with E-state index in [0.29, 0.717) is 19.4 Å². The Morgan fingerprint density at radius 2 is 2.17 bits per heavy atom. The van der Waals surface area contributed by atoms with Crippen LogP contribution in [0.25, 0.3) is 11.0 Å². The number of carbonyl (C=O) groups is 1. The lowest BCUT2D eigenvalue weighted by Gasteiger charge is -2.18. The van der Waals surface area contributed by atoms with Crippen LogP contribution in [0.1, 0.15) is 25.1 Å². The van der Waals surface area contributed by atoms with Gasteiger partial charge in [0.25, 0.3) is 0 Å². The van der Waals surface area contributed by atoms with Crippen LogP contribution in [-0.4, -0.2) is 54.3 Å². The number of aromatic nitrogens is 2. The SMILES string of the molecule is CN(CCCc1nc2ccccc2[nH]1)C(=O)C[C@H]1CCS(=O)(=O)C1. The number of hydrogen-bond donors (Lipinski definition) is 1. The van der Waals surface area contributed by atoms with Gasteiger partial charge in [-0.25, -0.2) is 13.4 Å². The number of aromatic amines is 1. The highest BCUT2D eigenvalue weighted by molar-refractivity contribution is 7.91. The van der Waals surface area contributed by atoms with Crippen molar-refractivity contribution in [2.45, 2.75) is 25.7 Å². The summed E-state index contributed by atoms with van der Waals surface area (Å²) in [6, 6.07) is 7.90. The van der Waals surface area contributed by atoms with Crippen LogP contribution in [0.5, 0.6) is 0 Å². The van der Waals surface area contributed by atoms with Gasteiger partial charge in [0, 0.05) is 26.4 Å². The molecule has 1 aromatic heterocycles. The van der Waals surface area contributed by atoms with Gasteiger partial charge < -0.3 is 9.88 Å². The standard InChI is InChI=1S/C17H23N3O3S/c1-20(17(21)11-13-8-10-24(22,23)12-13)9-4-7-16-18-14-5-2-3-6-15(14)19-16/h2-3,5-6,13H,4,7-12H2,1H3,(H,18,19)/t13-/m1/s1. The summed E-state index contributed by atoms with van der Waals surface area (Å²) < 4.78 is 22.9. The average Bonchev–Trinajstić information content (AvgIpc) is 3.09. The number of hydrogen-bond acceptors (Lipinski definition) is 4. The molecule has 6 nitrogen and oxygen atoms in total. The first-order chi connectivity index (χ1) is 11.4. The molecule has 1 saturated heterocycles. The Kier molecular flexibility index (Phi) is 4.89. The Bertz CT molecular complexity index is 795. The van der Waals surface area contributed by atoms with Gasteiger partial charge in [-0.3, -0.25) is 4.79 Å². The maximum absolute atomic E-state index is 12.2. The molecule has 7 heteroatoms. The summed E-state index contributed by atoms with van der Waals surface area (Å²) >= 11 is 0. The van der Waals surface area contributed by atoms with E-state index in [1.165, 1.54) is 0 Å². The number of para-hydroxylation sites is 2. The third-order valence-electron chi connectivity index (χ3n) is 4.56. The van der Waals surface area contributed by atoms with Crippen LogP contribution < -0.4 is 0 Å². The van der Waals surface area contributed by atoms with Crippen molar-refractivity contribution in [1.29, 1.82) is 0 Å². The van der Waals surface area contributed by atoms with Crippen LogP contribution in [0.4, 0.5) is 0 Å². The molecule has 0 bridgehead atoms. The first-order valence-corrected chi connectivity index (χ1v) is 10.1. The Morgan fingerprint density at radius 3 is 2.88 bits per heavy atom. The maximum Gasteiger partial charge on any atom is 0.222 e. The van der Waals surface area contributed by atoms with Crippen molar-refractivity contribution >= 4 is 26.8 Å². The Balaban J connectivity index is 1.45.